The average Bonchev–Trinajstić information content (AvgIpc) is 2.44. The van der Waals surface area contributed by atoms with Crippen molar-refractivity contribution in [3.8, 4) is 5.75 Å². The Morgan fingerprint density at radius 2 is 2.05 bits per heavy atom. The molecule has 104 valence electrons. The van der Waals surface area contributed by atoms with Crippen LogP contribution in [0.15, 0.2) is 42.6 Å². The Kier molecular flexibility index (Phi) is 4.79. The van der Waals surface area contributed by atoms with E-state index in [1.54, 1.807) is 42.6 Å². The van der Waals surface area contributed by atoms with Crippen LogP contribution < -0.4 is 15.8 Å². The normalized spacial score (nSPS) is 10.1. The zero-order chi connectivity index (χ0) is 14.4. The monoisotopic (exact) mass is 291 g/mol. The molecule has 0 saturated heterocycles. The highest BCUT2D eigenvalue weighted by molar-refractivity contribution is 6.32. The molecule has 20 heavy (non-hydrogen) atoms. The molecule has 0 aliphatic carbocycles. The number of halogens is 1. The number of hydrogen-bond donors (Lipinski definition) is 2. The SMILES string of the molecule is Nc1ccc(OCCC(=O)Nc2cccnc2Cl)cc1. The molecule has 0 atom stereocenters. The van der Waals surface area contributed by atoms with Crippen molar-refractivity contribution in [3.63, 3.8) is 0 Å². The second-order valence-corrected chi connectivity index (χ2v) is 4.42. The summed E-state index contributed by atoms with van der Waals surface area (Å²) in [5, 5.41) is 2.94. The predicted octanol–water partition coefficient (Wildman–Crippen LogP) is 2.72. The average molecular weight is 292 g/mol. The van der Waals surface area contributed by atoms with Crippen LogP contribution in [0.1, 0.15) is 6.42 Å². The molecule has 6 heteroatoms. The fourth-order valence-corrected chi connectivity index (χ4v) is 1.68. The largest absolute Gasteiger partial charge is 0.493 e. The summed E-state index contributed by atoms with van der Waals surface area (Å²) < 4.78 is 5.43. The Morgan fingerprint density at radius 3 is 2.75 bits per heavy atom. The van der Waals surface area contributed by atoms with Crippen molar-refractivity contribution in [2.45, 2.75) is 6.42 Å². The highest BCUT2D eigenvalue weighted by Crippen LogP contribution is 2.17. The summed E-state index contributed by atoms with van der Waals surface area (Å²) in [5.74, 6) is 0.488. The van der Waals surface area contributed by atoms with Gasteiger partial charge in [0.1, 0.15) is 5.75 Å². The van der Waals surface area contributed by atoms with E-state index in [-0.39, 0.29) is 24.1 Å². The molecule has 1 aromatic heterocycles. The van der Waals surface area contributed by atoms with E-state index in [2.05, 4.69) is 10.3 Å². The Hall–Kier alpha value is -2.27. The molecular formula is C14H14ClN3O2. The minimum atomic E-state index is -0.185. The zero-order valence-electron chi connectivity index (χ0n) is 10.7. The first-order chi connectivity index (χ1) is 9.65. The van der Waals surface area contributed by atoms with E-state index in [0.717, 1.165) is 0 Å². The molecule has 1 amide bonds. The summed E-state index contributed by atoms with van der Waals surface area (Å²) in [6.45, 7) is 0.271. The van der Waals surface area contributed by atoms with Crippen LogP contribution >= 0.6 is 11.6 Å². The molecule has 0 aliphatic heterocycles. The van der Waals surface area contributed by atoms with Gasteiger partial charge in [0.25, 0.3) is 0 Å². The molecule has 5 nitrogen and oxygen atoms in total. The number of nitrogen functional groups attached to an aromatic ring is 1. The third-order valence-electron chi connectivity index (χ3n) is 2.51. The van der Waals surface area contributed by atoms with Crippen LogP contribution in [-0.4, -0.2) is 17.5 Å². The smallest absolute Gasteiger partial charge is 0.227 e. The second kappa shape index (κ2) is 6.77. The summed E-state index contributed by atoms with van der Waals surface area (Å²) in [7, 11) is 0. The molecule has 0 bridgehead atoms. The van der Waals surface area contributed by atoms with Crippen molar-refractivity contribution in [3.05, 3.63) is 47.7 Å². The fraction of sp³-hybridized carbons (Fsp3) is 0.143. The molecule has 1 aromatic carbocycles. The fourth-order valence-electron chi connectivity index (χ4n) is 1.52. The highest BCUT2D eigenvalue weighted by atomic mass is 35.5. The van der Waals surface area contributed by atoms with Gasteiger partial charge in [-0.05, 0) is 36.4 Å². The molecule has 0 unspecified atom stereocenters. The van der Waals surface area contributed by atoms with Crippen molar-refractivity contribution < 1.29 is 9.53 Å². The van der Waals surface area contributed by atoms with Crippen LogP contribution in [0.3, 0.4) is 0 Å². The predicted molar refractivity (Wildman–Crippen MR) is 78.8 cm³/mol. The van der Waals surface area contributed by atoms with Crippen molar-refractivity contribution in [2.75, 3.05) is 17.7 Å². The van der Waals surface area contributed by atoms with E-state index >= 15 is 0 Å². The van der Waals surface area contributed by atoms with Gasteiger partial charge in [0.05, 0.1) is 18.7 Å². The molecule has 0 radical (unpaired) electrons. The summed E-state index contributed by atoms with van der Waals surface area (Å²) >= 11 is 5.84. The quantitative estimate of drug-likeness (QED) is 0.656. The number of nitrogens with two attached hydrogens (primary N) is 1. The molecule has 0 aliphatic rings. The molecular weight excluding hydrogens is 278 g/mol. The third-order valence-corrected chi connectivity index (χ3v) is 2.81. The van der Waals surface area contributed by atoms with Gasteiger partial charge in [0.2, 0.25) is 5.91 Å². The van der Waals surface area contributed by atoms with Gasteiger partial charge < -0.3 is 15.8 Å². The van der Waals surface area contributed by atoms with Crippen molar-refractivity contribution >= 4 is 28.9 Å². The summed E-state index contributed by atoms with van der Waals surface area (Å²) in [4.78, 5) is 15.6. The standard InChI is InChI=1S/C14H14ClN3O2/c15-14-12(2-1-8-17-14)18-13(19)7-9-20-11-5-3-10(16)4-6-11/h1-6,8H,7,9,16H2,(H,18,19). The lowest BCUT2D eigenvalue weighted by atomic mass is 10.3. The molecule has 3 N–H and O–H groups in total. The number of anilines is 2. The Bertz CT molecular complexity index is 587. The van der Waals surface area contributed by atoms with Crippen molar-refractivity contribution in [2.24, 2.45) is 0 Å². The number of hydrogen-bond acceptors (Lipinski definition) is 4. The van der Waals surface area contributed by atoms with Gasteiger partial charge in [-0.3, -0.25) is 4.79 Å². The van der Waals surface area contributed by atoms with E-state index < -0.39 is 0 Å². The maximum absolute atomic E-state index is 11.7. The Morgan fingerprint density at radius 1 is 1.30 bits per heavy atom. The van der Waals surface area contributed by atoms with E-state index in [9.17, 15) is 4.79 Å². The zero-order valence-corrected chi connectivity index (χ0v) is 11.4. The number of carbonyl (C=O) groups excluding carboxylic acids is 1. The van der Waals surface area contributed by atoms with Crippen LogP contribution in [0.5, 0.6) is 5.75 Å². The first-order valence-corrected chi connectivity index (χ1v) is 6.41. The number of amides is 1. The second-order valence-electron chi connectivity index (χ2n) is 4.06. The lowest BCUT2D eigenvalue weighted by Crippen LogP contribution is -2.15. The number of nitrogens with zero attached hydrogens (tertiary/aromatic N) is 1. The molecule has 0 fully saturated rings. The highest BCUT2D eigenvalue weighted by Gasteiger charge is 2.06. The number of ether oxygens (including phenoxy) is 1. The number of pyridine rings is 1. The molecule has 0 spiro atoms. The third kappa shape index (κ3) is 4.13. The van der Waals surface area contributed by atoms with Crippen LogP contribution in [0.2, 0.25) is 5.15 Å². The number of rotatable bonds is 5. The van der Waals surface area contributed by atoms with Crippen LogP contribution in [0, 0.1) is 0 Å². The molecule has 2 rings (SSSR count). The van der Waals surface area contributed by atoms with Gasteiger partial charge in [-0.25, -0.2) is 4.98 Å². The van der Waals surface area contributed by atoms with Gasteiger partial charge in [-0.2, -0.15) is 0 Å². The van der Waals surface area contributed by atoms with Crippen LogP contribution in [-0.2, 0) is 4.79 Å². The molecule has 2 aromatic rings. The summed E-state index contributed by atoms with van der Waals surface area (Å²) in [6, 6.07) is 10.4. The number of benzene rings is 1. The lowest BCUT2D eigenvalue weighted by molar-refractivity contribution is -0.116. The Balaban J connectivity index is 1.78. The lowest BCUT2D eigenvalue weighted by Gasteiger charge is -2.08. The van der Waals surface area contributed by atoms with Crippen molar-refractivity contribution in [1.29, 1.82) is 0 Å². The van der Waals surface area contributed by atoms with Gasteiger partial charge in [0, 0.05) is 11.9 Å². The maximum Gasteiger partial charge on any atom is 0.227 e. The Labute approximate surface area is 121 Å². The maximum atomic E-state index is 11.7. The van der Waals surface area contributed by atoms with E-state index in [1.807, 2.05) is 0 Å². The molecule has 0 saturated carbocycles. The van der Waals surface area contributed by atoms with Gasteiger partial charge in [-0.15, -0.1) is 0 Å². The van der Waals surface area contributed by atoms with Gasteiger partial charge in [-0.1, -0.05) is 11.6 Å². The minimum Gasteiger partial charge on any atom is -0.493 e. The topological polar surface area (TPSA) is 77.2 Å². The number of aromatic nitrogens is 1. The van der Waals surface area contributed by atoms with E-state index in [1.165, 1.54) is 0 Å². The first kappa shape index (κ1) is 14.1. The van der Waals surface area contributed by atoms with Gasteiger partial charge >= 0.3 is 0 Å². The van der Waals surface area contributed by atoms with E-state index in [4.69, 9.17) is 22.1 Å². The number of nitrogens with one attached hydrogen (secondary N) is 1. The van der Waals surface area contributed by atoms with Crippen molar-refractivity contribution in [1.82, 2.24) is 4.98 Å². The van der Waals surface area contributed by atoms with Crippen LogP contribution in [0.4, 0.5) is 11.4 Å². The van der Waals surface area contributed by atoms with Gasteiger partial charge in [0.15, 0.2) is 5.15 Å². The first-order valence-electron chi connectivity index (χ1n) is 6.04. The van der Waals surface area contributed by atoms with E-state index in [0.29, 0.717) is 17.1 Å². The molecule has 1 heterocycles. The number of carbonyl (C=O) groups is 1. The summed E-state index contributed by atoms with van der Waals surface area (Å²) in [6.07, 6.45) is 1.78. The summed E-state index contributed by atoms with van der Waals surface area (Å²) in [5.41, 5.74) is 6.73. The minimum absolute atomic E-state index is 0.185. The van der Waals surface area contributed by atoms with Crippen LogP contribution in [0.25, 0.3) is 0 Å².